The monoisotopic (exact) mass is 283 g/mol. The molecular formula is C15H13N3O3. The van der Waals surface area contributed by atoms with Crippen LogP contribution in [0.25, 0.3) is 11.0 Å². The van der Waals surface area contributed by atoms with Crippen LogP contribution in [0.3, 0.4) is 0 Å². The molecule has 0 aliphatic heterocycles. The average Bonchev–Trinajstić information content (AvgIpc) is 2.87. The van der Waals surface area contributed by atoms with Crippen LogP contribution in [0, 0.1) is 0 Å². The molecule has 0 fully saturated rings. The molecule has 0 radical (unpaired) electrons. The molecule has 1 aromatic heterocycles. The number of carbonyl (C=O) groups is 1. The Hall–Kier alpha value is -3.02. The van der Waals surface area contributed by atoms with E-state index >= 15 is 0 Å². The van der Waals surface area contributed by atoms with Gasteiger partial charge in [-0.2, -0.15) is 0 Å². The largest absolute Gasteiger partial charge is 0.495 e. The zero-order chi connectivity index (χ0) is 14.8. The minimum absolute atomic E-state index is 0.319. The first-order chi connectivity index (χ1) is 10.2. The van der Waals surface area contributed by atoms with E-state index in [0.717, 1.165) is 0 Å². The van der Waals surface area contributed by atoms with Crippen molar-refractivity contribution in [3.05, 3.63) is 58.5 Å². The highest BCUT2D eigenvalue weighted by Crippen LogP contribution is 2.24. The summed E-state index contributed by atoms with van der Waals surface area (Å²) in [7, 11) is 1.54. The summed E-state index contributed by atoms with van der Waals surface area (Å²) in [5.41, 5.74) is 1.68. The minimum atomic E-state index is -0.345. The molecular weight excluding hydrogens is 270 g/mol. The maximum atomic E-state index is 12.4. The van der Waals surface area contributed by atoms with Crippen LogP contribution < -0.4 is 15.7 Å². The Kier molecular flexibility index (Phi) is 3.19. The number of para-hydroxylation sites is 3. The number of fused-ring (bicyclic) bond motifs is 1. The summed E-state index contributed by atoms with van der Waals surface area (Å²) >= 11 is 0. The number of anilines is 1. The Morgan fingerprint density at radius 1 is 1.10 bits per heavy atom. The molecule has 0 saturated heterocycles. The molecule has 0 aliphatic rings. The molecule has 0 aliphatic carbocycles. The number of imidazole rings is 1. The van der Waals surface area contributed by atoms with Gasteiger partial charge in [0.15, 0.2) is 0 Å². The molecule has 3 N–H and O–H groups in total. The van der Waals surface area contributed by atoms with E-state index in [1.165, 1.54) is 7.11 Å². The van der Waals surface area contributed by atoms with Crippen molar-refractivity contribution in [1.29, 1.82) is 0 Å². The third-order valence-corrected chi connectivity index (χ3v) is 3.15. The summed E-state index contributed by atoms with van der Waals surface area (Å²) < 4.78 is 5.19. The second-order valence-corrected chi connectivity index (χ2v) is 4.46. The molecule has 1 amide bonds. The van der Waals surface area contributed by atoms with Gasteiger partial charge in [0.05, 0.1) is 29.4 Å². The summed E-state index contributed by atoms with van der Waals surface area (Å²) in [6, 6.07) is 12.2. The van der Waals surface area contributed by atoms with Crippen molar-refractivity contribution in [2.45, 2.75) is 0 Å². The van der Waals surface area contributed by atoms with Gasteiger partial charge in [-0.15, -0.1) is 0 Å². The highest BCUT2D eigenvalue weighted by Gasteiger charge is 2.13. The molecule has 3 aromatic rings. The zero-order valence-corrected chi connectivity index (χ0v) is 11.3. The average molecular weight is 283 g/mol. The van der Waals surface area contributed by atoms with Gasteiger partial charge in [0.25, 0.3) is 5.91 Å². The van der Waals surface area contributed by atoms with Gasteiger partial charge in [0.1, 0.15) is 5.75 Å². The van der Waals surface area contributed by atoms with E-state index in [0.29, 0.717) is 28.0 Å². The Morgan fingerprint density at radius 2 is 1.90 bits per heavy atom. The first kappa shape index (κ1) is 13.0. The molecule has 2 aromatic carbocycles. The topological polar surface area (TPSA) is 87.0 Å². The Morgan fingerprint density at radius 3 is 2.71 bits per heavy atom. The van der Waals surface area contributed by atoms with Crippen molar-refractivity contribution in [2.75, 3.05) is 12.4 Å². The molecule has 0 saturated carbocycles. The maximum absolute atomic E-state index is 12.4. The van der Waals surface area contributed by atoms with Crippen LogP contribution in [0.15, 0.2) is 47.3 Å². The minimum Gasteiger partial charge on any atom is -0.495 e. The van der Waals surface area contributed by atoms with E-state index in [2.05, 4.69) is 15.3 Å². The Balaban J connectivity index is 1.99. The molecule has 6 heteroatoms. The summed E-state index contributed by atoms with van der Waals surface area (Å²) in [5, 5.41) is 2.78. The molecule has 3 rings (SSSR count). The van der Waals surface area contributed by atoms with E-state index in [1.54, 1.807) is 36.4 Å². The van der Waals surface area contributed by atoms with Crippen LogP contribution in [0.1, 0.15) is 10.4 Å². The van der Waals surface area contributed by atoms with Gasteiger partial charge >= 0.3 is 5.69 Å². The van der Waals surface area contributed by atoms with E-state index in [-0.39, 0.29) is 11.6 Å². The van der Waals surface area contributed by atoms with Gasteiger partial charge in [-0.05, 0) is 24.3 Å². The van der Waals surface area contributed by atoms with Gasteiger partial charge in [0, 0.05) is 0 Å². The van der Waals surface area contributed by atoms with Crippen molar-refractivity contribution < 1.29 is 9.53 Å². The standard InChI is InChI=1S/C15H13N3O3/c1-21-12-8-3-2-6-10(12)16-14(19)9-5-4-7-11-13(9)18-15(20)17-11/h2-8H,1H3,(H,16,19)(H2,17,18,20). The number of aromatic amines is 2. The van der Waals surface area contributed by atoms with Gasteiger partial charge in [0.2, 0.25) is 0 Å². The Labute approximate surface area is 119 Å². The van der Waals surface area contributed by atoms with Crippen molar-refractivity contribution in [2.24, 2.45) is 0 Å². The number of hydrogen-bond donors (Lipinski definition) is 3. The van der Waals surface area contributed by atoms with E-state index in [1.807, 2.05) is 6.07 Å². The van der Waals surface area contributed by atoms with Crippen LogP contribution in [0.5, 0.6) is 5.75 Å². The van der Waals surface area contributed by atoms with Crippen LogP contribution >= 0.6 is 0 Å². The first-order valence-corrected chi connectivity index (χ1v) is 6.34. The number of carbonyl (C=O) groups excluding carboxylic acids is 1. The number of nitrogens with one attached hydrogen (secondary N) is 3. The number of ether oxygens (including phenoxy) is 1. The molecule has 0 bridgehead atoms. The summed E-state index contributed by atoms with van der Waals surface area (Å²) in [6.45, 7) is 0. The molecule has 0 unspecified atom stereocenters. The lowest BCUT2D eigenvalue weighted by atomic mass is 10.1. The predicted octanol–water partition coefficient (Wildman–Crippen LogP) is 2.12. The van der Waals surface area contributed by atoms with E-state index < -0.39 is 0 Å². The number of benzene rings is 2. The number of H-pyrrole nitrogens is 2. The van der Waals surface area contributed by atoms with Gasteiger partial charge in [-0.1, -0.05) is 18.2 Å². The predicted molar refractivity (Wildman–Crippen MR) is 79.9 cm³/mol. The smallest absolute Gasteiger partial charge is 0.323 e. The normalized spacial score (nSPS) is 10.5. The highest BCUT2D eigenvalue weighted by atomic mass is 16.5. The number of hydrogen-bond acceptors (Lipinski definition) is 3. The summed E-state index contributed by atoms with van der Waals surface area (Å²) in [4.78, 5) is 29.0. The van der Waals surface area contributed by atoms with Crippen LogP contribution in [-0.4, -0.2) is 23.0 Å². The van der Waals surface area contributed by atoms with Gasteiger partial charge < -0.3 is 20.0 Å². The number of methoxy groups -OCH3 is 1. The molecule has 21 heavy (non-hydrogen) atoms. The van der Waals surface area contributed by atoms with Gasteiger partial charge in [-0.3, -0.25) is 4.79 Å². The fourth-order valence-electron chi connectivity index (χ4n) is 2.19. The quantitative estimate of drug-likeness (QED) is 0.688. The van der Waals surface area contributed by atoms with Crippen LogP contribution in [0.4, 0.5) is 5.69 Å². The lowest BCUT2D eigenvalue weighted by molar-refractivity contribution is 0.102. The summed E-state index contributed by atoms with van der Waals surface area (Å²) in [6.07, 6.45) is 0. The summed E-state index contributed by atoms with van der Waals surface area (Å²) in [5.74, 6) is 0.251. The third-order valence-electron chi connectivity index (χ3n) is 3.15. The molecule has 0 atom stereocenters. The lowest BCUT2D eigenvalue weighted by Gasteiger charge is -2.10. The van der Waals surface area contributed by atoms with Crippen molar-refractivity contribution in [3.8, 4) is 5.75 Å². The number of amides is 1. The number of aromatic nitrogens is 2. The van der Waals surface area contributed by atoms with Crippen molar-refractivity contribution in [3.63, 3.8) is 0 Å². The second kappa shape index (κ2) is 5.16. The van der Waals surface area contributed by atoms with Crippen molar-refractivity contribution in [1.82, 2.24) is 9.97 Å². The van der Waals surface area contributed by atoms with Crippen molar-refractivity contribution >= 4 is 22.6 Å². The fourth-order valence-corrected chi connectivity index (χ4v) is 2.19. The van der Waals surface area contributed by atoms with E-state index in [9.17, 15) is 9.59 Å². The van der Waals surface area contributed by atoms with Crippen LogP contribution in [0.2, 0.25) is 0 Å². The number of rotatable bonds is 3. The highest BCUT2D eigenvalue weighted by molar-refractivity contribution is 6.11. The molecule has 1 heterocycles. The van der Waals surface area contributed by atoms with E-state index in [4.69, 9.17) is 4.74 Å². The molecule has 106 valence electrons. The maximum Gasteiger partial charge on any atom is 0.323 e. The Bertz CT molecular complexity index is 864. The molecule has 6 nitrogen and oxygen atoms in total. The SMILES string of the molecule is COc1ccccc1NC(=O)c1cccc2[nH]c(=O)[nH]c12. The zero-order valence-electron chi connectivity index (χ0n) is 11.3. The van der Waals surface area contributed by atoms with Gasteiger partial charge in [-0.25, -0.2) is 4.79 Å². The fraction of sp³-hybridized carbons (Fsp3) is 0.0667. The lowest BCUT2D eigenvalue weighted by Crippen LogP contribution is -2.13. The third kappa shape index (κ3) is 2.38. The molecule has 0 spiro atoms. The van der Waals surface area contributed by atoms with Crippen LogP contribution in [-0.2, 0) is 0 Å². The first-order valence-electron chi connectivity index (χ1n) is 6.34. The second-order valence-electron chi connectivity index (χ2n) is 4.46.